The Morgan fingerprint density at radius 3 is 2.62 bits per heavy atom. The van der Waals surface area contributed by atoms with E-state index in [1.54, 1.807) is 12.1 Å². The molecule has 1 N–H and O–H groups in total. The highest BCUT2D eigenvalue weighted by molar-refractivity contribution is 7.94. The number of ether oxygens (including phenoxy) is 2. The minimum atomic E-state index is -3.51. The van der Waals surface area contributed by atoms with Crippen molar-refractivity contribution < 1.29 is 31.9 Å². The minimum absolute atomic E-state index is 0.0552. The van der Waals surface area contributed by atoms with Gasteiger partial charge in [-0.15, -0.1) is 0 Å². The third-order valence-electron chi connectivity index (χ3n) is 6.24. The van der Waals surface area contributed by atoms with Crippen LogP contribution in [0.1, 0.15) is 44.1 Å². The van der Waals surface area contributed by atoms with Gasteiger partial charge >= 0.3 is 0 Å². The lowest BCUT2D eigenvalue weighted by atomic mass is 9.98. The molecule has 1 aromatic carbocycles. The van der Waals surface area contributed by atoms with Gasteiger partial charge in [0.15, 0.2) is 21.4 Å². The molecule has 9 heteroatoms. The van der Waals surface area contributed by atoms with Gasteiger partial charge in [0.05, 0.1) is 31.5 Å². The molecule has 3 aliphatic rings. The Labute approximate surface area is 187 Å². The zero-order chi connectivity index (χ0) is 22.8. The van der Waals surface area contributed by atoms with Crippen molar-refractivity contribution in [3.63, 3.8) is 0 Å². The maximum Gasteiger partial charge on any atom is 0.232 e. The Kier molecular flexibility index (Phi) is 6.67. The van der Waals surface area contributed by atoms with Crippen LogP contribution in [0.5, 0.6) is 5.75 Å². The van der Waals surface area contributed by atoms with Crippen molar-refractivity contribution in [1.82, 2.24) is 5.32 Å². The normalized spacial score (nSPS) is 22.7. The van der Waals surface area contributed by atoms with E-state index in [0.717, 1.165) is 36.7 Å². The summed E-state index contributed by atoms with van der Waals surface area (Å²) >= 11 is 0. The highest BCUT2D eigenvalue weighted by Crippen LogP contribution is 2.50. The van der Waals surface area contributed by atoms with Crippen LogP contribution in [-0.4, -0.2) is 45.8 Å². The van der Waals surface area contributed by atoms with Gasteiger partial charge in [-0.2, -0.15) is 0 Å². The lowest BCUT2D eigenvalue weighted by Gasteiger charge is -2.20. The van der Waals surface area contributed by atoms with E-state index in [1.807, 2.05) is 0 Å². The Hall–Kier alpha value is -2.26. The molecule has 2 amide bonds. The zero-order valence-electron chi connectivity index (χ0n) is 17.8. The maximum atomic E-state index is 14.1. The van der Waals surface area contributed by atoms with Gasteiger partial charge in [0.2, 0.25) is 11.8 Å². The molecule has 1 unspecified atom stereocenters. The smallest absolute Gasteiger partial charge is 0.232 e. The van der Waals surface area contributed by atoms with E-state index < -0.39 is 27.0 Å². The van der Waals surface area contributed by atoms with Crippen LogP contribution in [0, 0.1) is 17.7 Å². The molecule has 1 atom stereocenters. The Bertz CT molecular complexity index is 1010. The molecular weight excluding hydrogens is 437 g/mol. The fourth-order valence-corrected chi connectivity index (χ4v) is 5.59. The molecule has 1 heterocycles. The van der Waals surface area contributed by atoms with Gasteiger partial charge in [0.25, 0.3) is 0 Å². The molecule has 4 rings (SSSR count). The maximum absolute atomic E-state index is 14.1. The molecule has 3 fully saturated rings. The summed E-state index contributed by atoms with van der Waals surface area (Å²) in [5.74, 6) is -0.839. The number of piperidine rings is 1. The molecular formula is C23H28FNO6S. The van der Waals surface area contributed by atoms with Crippen molar-refractivity contribution in [3.05, 3.63) is 41.1 Å². The summed E-state index contributed by atoms with van der Waals surface area (Å²) in [6, 6.07) is 4.64. The van der Waals surface area contributed by atoms with Gasteiger partial charge in [-0.1, -0.05) is 6.07 Å². The second kappa shape index (κ2) is 9.31. The number of amides is 2. The third-order valence-corrected chi connectivity index (χ3v) is 7.80. The fraction of sp³-hybridized carbons (Fsp3) is 0.565. The molecule has 0 spiro atoms. The molecule has 2 aliphatic carbocycles. The van der Waals surface area contributed by atoms with E-state index in [2.05, 4.69) is 5.32 Å². The van der Waals surface area contributed by atoms with Gasteiger partial charge in [-0.05, 0) is 61.8 Å². The van der Waals surface area contributed by atoms with Crippen molar-refractivity contribution in [2.75, 3.05) is 25.6 Å². The summed E-state index contributed by atoms with van der Waals surface area (Å²) in [7, 11) is -3.51. The predicted octanol–water partition coefficient (Wildman–Crippen LogP) is 2.64. The lowest BCUT2D eigenvalue weighted by molar-refractivity contribution is -0.137. The average Bonchev–Trinajstić information content (AvgIpc) is 3.65. The topological polar surface area (TPSA) is 98.8 Å². The number of hydrogen-bond acceptors (Lipinski definition) is 6. The molecule has 1 aromatic rings. The number of carbonyl (C=O) groups excluding carboxylic acids is 2. The Balaban J connectivity index is 1.29. The number of rotatable bonds is 11. The number of nitrogens with one attached hydrogen (secondary N) is 1. The van der Waals surface area contributed by atoms with Gasteiger partial charge in [-0.3, -0.25) is 14.9 Å². The minimum Gasteiger partial charge on any atom is -0.490 e. The van der Waals surface area contributed by atoms with Crippen LogP contribution in [-0.2, 0) is 29.6 Å². The second-order valence-corrected chi connectivity index (χ2v) is 10.9. The first kappa shape index (κ1) is 22.9. The largest absolute Gasteiger partial charge is 0.490 e. The summed E-state index contributed by atoms with van der Waals surface area (Å²) in [6.45, 7) is 0.680. The first-order valence-electron chi connectivity index (χ1n) is 11.0. The van der Waals surface area contributed by atoms with Crippen LogP contribution < -0.4 is 10.1 Å². The van der Waals surface area contributed by atoms with Crippen LogP contribution in [0.15, 0.2) is 29.7 Å². The van der Waals surface area contributed by atoms with Gasteiger partial charge < -0.3 is 9.47 Å². The zero-order valence-corrected chi connectivity index (χ0v) is 18.7. The quantitative estimate of drug-likeness (QED) is 0.399. The number of imide groups is 1. The molecule has 0 aromatic heterocycles. The second-order valence-electron chi connectivity index (χ2n) is 9.04. The van der Waals surface area contributed by atoms with Crippen molar-refractivity contribution in [2.24, 2.45) is 11.8 Å². The summed E-state index contributed by atoms with van der Waals surface area (Å²) in [5, 5.41) is 3.41. The molecule has 1 aliphatic heterocycles. The van der Waals surface area contributed by atoms with Crippen molar-refractivity contribution in [2.45, 2.75) is 43.9 Å². The first-order valence-corrected chi connectivity index (χ1v) is 12.7. The van der Waals surface area contributed by atoms with Crippen LogP contribution in [0.3, 0.4) is 0 Å². The van der Waals surface area contributed by atoms with E-state index in [9.17, 15) is 22.4 Å². The molecule has 2 saturated carbocycles. The van der Waals surface area contributed by atoms with Crippen LogP contribution in [0.25, 0.3) is 0 Å². The van der Waals surface area contributed by atoms with Crippen LogP contribution >= 0.6 is 0 Å². The number of halogens is 1. The van der Waals surface area contributed by atoms with E-state index in [0.29, 0.717) is 18.9 Å². The SMILES string of the molecule is O=C1CCC(COC/C=C/S(=O)(=O)CC2(c3ccc(F)c(OCC4CC4)c3)CC2)C(=O)N1. The standard InChI is InChI=1S/C23H28FNO6S/c24-19-6-5-18(12-20(19)31-13-16-2-3-16)23(8-9-23)15-32(28,29)11-1-10-30-14-17-4-7-21(26)25-22(17)27/h1,5-6,11-12,16-17H,2-4,7-10,13-15H2,(H,25,26,27)/b11-1+. The molecule has 0 radical (unpaired) electrons. The summed E-state index contributed by atoms with van der Waals surface area (Å²) in [5.41, 5.74) is 0.276. The fourth-order valence-electron chi connectivity index (χ4n) is 3.90. The van der Waals surface area contributed by atoms with Crippen molar-refractivity contribution >= 4 is 21.7 Å². The summed E-state index contributed by atoms with van der Waals surface area (Å²) in [4.78, 5) is 22.8. The monoisotopic (exact) mass is 465 g/mol. The van der Waals surface area contributed by atoms with Gasteiger partial charge in [0.1, 0.15) is 0 Å². The predicted molar refractivity (Wildman–Crippen MR) is 115 cm³/mol. The number of hydrogen-bond donors (Lipinski definition) is 1. The highest BCUT2D eigenvalue weighted by Gasteiger charge is 2.47. The number of carbonyl (C=O) groups is 2. The van der Waals surface area contributed by atoms with Crippen LogP contribution in [0.2, 0.25) is 0 Å². The first-order chi connectivity index (χ1) is 15.3. The third kappa shape index (κ3) is 5.95. The van der Waals surface area contributed by atoms with Crippen molar-refractivity contribution in [3.8, 4) is 5.75 Å². The highest BCUT2D eigenvalue weighted by atomic mass is 32.2. The molecule has 1 saturated heterocycles. The Morgan fingerprint density at radius 1 is 1.16 bits per heavy atom. The summed E-state index contributed by atoms with van der Waals surface area (Å²) in [6.07, 6.45) is 5.79. The van der Waals surface area contributed by atoms with Gasteiger partial charge in [-0.25, -0.2) is 12.8 Å². The van der Waals surface area contributed by atoms with E-state index in [-0.39, 0.29) is 43.0 Å². The van der Waals surface area contributed by atoms with E-state index >= 15 is 0 Å². The molecule has 32 heavy (non-hydrogen) atoms. The number of sulfone groups is 1. The van der Waals surface area contributed by atoms with Crippen LogP contribution in [0.4, 0.5) is 4.39 Å². The molecule has 0 bridgehead atoms. The van der Waals surface area contributed by atoms with E-state index in [1.165, 1.54) is 12.1 Å². The average molecular weight is 466 g/mol. The van der Waals surface area contributed by atoms with E-state index in [4.69, 9.17) is 9.47 Å². The molecule has 174 valence electrons. The number of benzene rings is 1. The Morgan fingerprint density at radius 2 is 1.94 bits per heavy atom. The van der Waals surface area contributed by atoms with Crippen molar-refractivity contribution in [1.29, 1.82) is 0 Å². The summed E-state index contributed by atoms with van der Waals surface area (Å²) < 4.78 is 50.4. The lowest BCUT2D eigenvalue weighted by Crippen LogP contribution is -2.42. The molecule has 7 nitrogen and oxygen atoms in total. The van der Waals surface area contributed by atoms with Gasteiger partial charge in [0, 0.05) is 17.2 Å².